The largest absolute Gasteiger partial charge is 0.380 e. The van der Waals surface area contributed by atoms with Crippen molar-refractivity contribution in [1.82, 2.24) is 0 Å². The lowest BCUT2D eigenvalue weighted by Crippen LogP contribution is -2.12. The number of hydrogen-bond donors (Lipinski definition) is 2. The molecular formula is C13H11Cl3N2O2S. The van der Waals surface area contributed by atoms with Crippen molar-refractivity contribution >= 4 is 50.5 Å². The number of hydrogen-bond acceptors (Lipinski definition) is 3. The normalized spacial score (nSPS) is 11.4. The molecule has 0 heterocycles. The summed E-state index contributed by atoms with van der Waals surface area (Å²) in [4.78, 5) is -0.0217. The van der Waals surface area contributed by atoms with Crippen molar-refractivity contribution in [1.29, 1.82) is 0 Å². The SMILES string of the molecule is NS(=O)(=O)c1ccc(Cl)c(NCc2cccc(Cl)c2Cl)c1. The van der Waals surface area contributed by atoms with Crippen LogP contribution in [0, 0.1) is 0 Å². The van der Waals surface area contributed by atoms with Crippen LogP contribution in [0.2, 0.25) is 15.1 Å². The van der Waals surface area contributed by atoms with Crippen LogP contribution in [0.25, 0.3) is 0 Å². The molecule has 0 saturated heterocycles. The highest BCUT2D eigenvalue weighted by molar-refractivity contribution is 7.89. The zero-order valence-electron chi connectivity index (χ0n) is 10.6. The van der Waals surface area contributed by atoms with Crippen molar-refractivity contribution < 1.29 is 8.42 Å². The molecule has 0 spiro atoms. The summed E-state index contributed by atoms with van der Waals surface area (Å²) in [7, 11) is -3.79. The quantitative estimate of drug-likeness (QED) is 0.863. The molecule has 2 aromatic carbocycles. The second-order valence-electron chi connectivity index (χ2n) is 4.25. The number of benzene rings is 2. The Kier molecular flexibility index (Phi) is 5.01. The van der Waals surface area contributed by atoms with Gasteiger partial charge in [-0.15, -0.1) is 0 Å². The maximum atomic E-state index is 11.3. The molecule has 0 aliphatic rings. The summed E-state index contributed by atoms with van der Waals surface area (Å²) in [6.07, 6.45) is 0. The first kappa shape index (κ1) is 16.4. The molecule has 0 fully saturated rings. The van der Waals surface area contributed by atoms with Gasteiger partial charge >= 0.3 is 0 Å². The molecule has 0 radical (unpaired) electrons. The van der Waals surface area contributed by atoms with Crippen LogP contribution in [0.15, 0.2) is 41.3 Å². The van der Waals surface area contributed by atoms with Gasteiger partial charge in [-0.2, -0.15) is 0 Å². The highest BCUT2D eigenvalue weighted by Gasteiger charge is 2.11. The van der Waals surface area contributed by atoms with E-state index >= 15 is 0 Å². The van der Waals surface area contributed by atoms with Crippen LogP contribution in [0.4, 0.5) is 5.69 Å². The highest BCUT2D eigenvalue weighted by Crippen LogP contribution is 2.28. The number of rotatable bonds is 4. The minimum absolute atomic E-state index is 0.0217. The van der Waals surface area contributed by atoms with Crippen molar-refractivity contribution in [3.8, 4) is 0 Å². The molecule has 21 heavy (non-hydrogen) atoms. The summed E-state index contributed by atoms with van der Waals surface area (Å²) in [6.45, 7) is 0.340. The van der Waals surface area contributed by atoms with Crippen molar-refractivity contribution in [3.05, 3.63) is 57.0 Å². The second-order valence-corrected chi connectivity index (χ2v) is 7.01. The average molecular weight is 366 g/mol. The van der Waals surface area contributed by atoms with Crippen LogP contribution in [-0.2, 0) is 16.6 Å². The number of sulfonamides is 1. The molecule has 0 unspecified atom stereocenters. The van der Waals surface area contributed by atoms with E-state index in [-0.39, 0.29) is 4.90 Å². The van der Waals surface area contributed by atoms with Gasteiger partial charge in [0.25, 0.3) is 0 Å². The van der Waals surface area contributed by atoms with Gasteiger partial charge in [0, 0.05) is 6.54 Å². The van der Waals surface area contributed by atoms with Crippen LogP contribution in [-0.4, -0.2) is 8.42 Å². The minimum atomic E-state index is -3.79. The van der Waals surface area contributed by atoms with E-state index in [4.69, 9.17) is 39.9 Å². The van der Waals surface area contributed by atoms with Crippen LogP contribution >= 0.6 is 34.8 Å². The molecule has 4 nitrogen and oxygen atoms in total. The Labute approximate surface area is 137 Å². The van der Waals surface area contributed by atoms with Gasteiger partial charge in [-0.05, 0) is 29.8 Å². The molecule has 0 saturated carbocycles. The number of halogens is 3. The van der Waals surface area contributed by atoms with Crippen molar-refractivity contribution in [2.45, 2.75) is 11.4 Å². The summed E-state index contributed by atoms with van der Waals surface area (Å²) < 4.78 is 22.7. The number of nitrogens with one attached hydrogen (secondary N) is 1. The molecule has 2 rings (SSSR count). The Bertz CT molecular complexity index is 779. The van der Waals surface area contributed by atoms with E-state index in [1.165, 1.54) is 18.2 Å². The predicted molar refractivity (Wildman–Crippen MR) is 86.6 cm³/mol. The first-order valence-electron chi connectivity index (χ1n) is 5.78. The average Bonchev–Trinajstić information content (AvgIpc) is 2.40. The molecule has 112 valence electrons. The Morgan fingerprint density at radius 3 is 2.43 bits per heavy atom. The highest BCUT2D eigenvalue weighted by atomic mass is 35.5. The first-order valence-corrected chi connectivity index (χ1v) is 8.46. The number of primary sulfonamides is 1. The van der Waals surface area contributed by atoms with Crippen molar-refractivity contribution in [2.24, 2.45) is 5.14 Å². The van der Waals surface area contributed by atoms with E-state index in [1.807, 2.05) is 0 Å². The van der Waals surface area contributed by atoms with E-state index in [9.17, 15) is 8.42 Å². The molecule has 0 aliphatic heterocycles. The van der Waals surface area contributed by atoms with Gasteiger partial charge in [0.2, 0.25) is 10.0 Å². The zero-order valence-corrected chi connectivity index (χ0v) is 13.7. The van der Waals surface area contributed by atoms with Crippen LogP contribution in [0.1, 0.15) is 5.56 Å². The standard InChI is InChI=1S/C13H11Cl3N2O2S/c14-10-5-4-9(21(17,19)20)6-12(10)18-7-8-2-1-3-11(15)13(8)16/h1-6,18H,7H2,(H2,17,19,20). The topological polar surface area (TPSA) is 72.2 Å². The third-order valence-electron chi connectivity index (χ3n) is 2.77. The Morgan fingerprint density at radius 1 is 1.05 bits per heavy atom. The summed E-state index contributed by atoms with van der Waals surface area (Å²) in [5.74, 6) is 0. The maximum absolute atomic E-state index is 11.3. The summed E-state index contributed by atoms with van der Waals surface area (Å²) >= 11 is 18.0. The third kappa shape index (κ3) is 4.02. The third-order valence-corrected chi connectivity index (χ3v) is 4.87. The number of anilines is 1. The molecule has 8 heteroatoms. The van der Waals surface area contributed by atoms with Gasteiger partial charge in [0.1, 0.15) is 0 Å². The van der Waals surface area contributed by atoms with Crippen LogP contribution < -0.4 is 10.5 Å². The number of nitrogens with two attached hydrogens (primary N) is 1. The van der Waals surface area contributed by atoms with Crippen LogP contribution in [0.5, 0.6) is 0 Å². The summed E-state index contributed by atoms with van der Waals surface area (Å²) in [5.41, 5.74) is 1.21. The maximum Gasteiger partial charge on any atom is 0.238 e. The molecule has 0 amide bonds. The molecule has 0 atom stereocenters. The Hall–Kier alpha value is -0.980. The molecular weight excluding hydrogens is 355 g/mol. The molecule has 0 bridgehead atoms. The van der Waals surface area contributed by atoms with E-state index in [0.29, 0.717) is 27.3 Å². The fourth-order valence-electron chi connectivity index (χ4n) is 1.69. The predicted octanol–water partition coefficient (Wildman–Crippen LogP) is 3.91. The van der Waals surface area contributed by atoms with Gasteiger partial charge in [-0.25, -0.2) is 13.6 Å². The lowest BCUT2D eigenvalue weighted by molar-refractivity contribution is 0.598. The summed E-state index contributed by atoms with van der Waals surface area (Å²) in [6, 6.07) is 9.43. The molecule has 3 N–H and O–H groups in total. The van der Waals surface area contributed by atoms with Gasteiger partial charge < -0.3 is 5.32 Å². The minimum Gasteiger partial charge on any atom is -0.380 e. The Morgan fingerprint density at radius 2 is 1.76 bits per heavy atom. The second kappa shape index (κ2) is 6.42. The van der Waals surface area contributed by atoms with Gasteiger partial charge in [0.15, 0.2) is 0 Å². The van der Waals surface area contributed by atoms with E-state index in [0.717, 1.165) is 5.56 Å². The van der Waals surface area contributed by atoms with Crippen molar-refractivity contribution in [2.75, 3.05) is 5.32 Å². The zero-order chi connectivity index (χ0) is 15.6. The monoisotopic (exact) mass is 364 g/mol. The van der Waals surface area contributed by atoms with E-state index in [2.05, 4.69) is 5.32 Å². The van der Waals surface area contributed by atoms with Gasteiger partial charge in [-0.1, -0.05) is 46.9 Å². The van der Waals surface area contributed by atoms with Gasteiger partial charge in [-0.3, -0.25) is 0 Å². The molecule has 2 aromatic rings. The smallest absolute Gasteiger partial charge is 0.238 e. The lowest BCUT2D eigenvalue weighted by Gasteiger charge is -2.11. The van der Waals surface area contributed by atoms with Crippen molar-refractivity contribution in [3.63, 3.8) is 0 Å². The van der Waals surface area contributed by atoms with Gasteiger partial charge in [0.05, 0.1) is 25.7 Å². The lowest BCUT2D eigenvalue weighted by atomic mass is 10.2. The van der Waals surface area contributed by atoms with E-state index < -0.39 is 10.0 Å². The van der Waals surface area contributed by atoms with Crippen LogP contribution in [0.3, 0.4) is 0 Å². The fraction of sp³-hybridized carbons (Fsp3) is 0.0769. The first-order chi connectivity index (χ1) is 9.79. The molecule has 0 aliphatic carbocycles. The summed E-state index contributed by atoms with van der Waals surface area (Å²) in [5, 5.41) is 9.36. The fourth-order valence-corrected chi connectivity index (χ4v) is 2.80. The van der Waals surface area contributed by atoms with E-state index in [1.54, 1.807) is 18.2 Å². The molecule has 0 aromatic heterocycles. The Balaban J connectivity index is 2.26.